The van der Waals surface area contributed by atoms with Crippen LogP contribution in [0, 0.1) is 0 Å². The molecule has 334 valence electrons. The standard InChI is InChI=1S/C48H30.8C2H6/c1-3-19-41-37(15-1)39-17-5-7-21-43(39)47-29-35(23-25-45(41)47)33-13-9-11-31(27-33)32-12-10-14-34(28-32)36-24-26-46-42-20-4-2-16-38(42)40-18-6-8-22-44(40)48(46)30-36;8*1-2/h1-30H;8*1-2H3. The van der Waals surface area contributed by atoms with Crippen molar-refractivity contribution in [2.75, 3.05) is 0 Å². The minimum atomic E-state index is 1.22. The summed E-state index contributed by atoms with van der Waals surface area (Å²) in [5, 5.41) is 15.6. The molecule has 0 aromatic heterocycles. The van der Waals surface area contributed by atoms with Crippen molar-refractivity contribution in [1.82, 2.24) is 0 Å². The highest BCUT2D eigenvalue weighted by Gasteiger charge is 2.12. The highest BCUT2D eigenvalue weighted by Crippen LogP contribution is 2.40. The van der Waals surface area contributed by atoms with Gasteiger partial charge in [0.05, 0.1) is 0 Å². The van der Waals surface area contributed by atoms with Crippen molar-refractivity contribution in [2.24, 2.45) is 0 Å². The summed E-state index contributed by atoms with van der Waals surface area (Å²) in [6, 6.07) is 67.0. The van der Waals surface area contributed by atoms with E-state index < -0.39 is 0 Å². The predicted octanol–water partition coefficient (Wildman–Crippen LogP) is 21.8. The molecule has 0 heterocycles. The van der Waals surface area contributed by atoms with Crippen molar-refractivity contribution in [3.8, 4) is 33.4 Å². The van der Waals surface area contributed by atoms with Gasteiger partial charge < -0.3 is 0 Å². The van der Waals surface area contributed by atoms with E-state index in [0.717, 1.165) is 0 Å². The lowest BCUT2D eigenvalue weighted by Gasteiger charge is -2.13. The number of benzene rings is 10. The predicted molar refractivity (Wildman–Crippen MR) is 299 cm³/mol. The average molecular weight is 847 g/mol. The summed E-state index contributed by atoms with van der Waals surface area (Å²) < 4.78 is 0. The van der Waals surface area contributed by atoms with Crippen LogP contribution in [0.4, 0.5) is 0 Å². The Labute approximate surface area is 389 Å². The third kappa shape index (κ3) is 11.7. The molecule has 0 fully saturated rings. The molecular weight excluding hydrogens is 769 g/mol. The second-order valence-corrected chi connectivity index (χ2v) is 12.9. The van der Waals surface area contributed by atoms with Crippen molar-refractivity contribution in [3.63, 3.8) is 0 Å². The van der Waals surface area contributed by atoms with E-state index in [2.05, 4.69) is 182 Å². The fraction of sp³-hybridized carbons (Fsp3) is 0.250. The van der Waals surface area contributed by atoms with E-state index in [4.69, 9.17) is 0 Å². The van der Waals surface area contributed by atoms with Crippen molar-refractivity contribution in [1.29, 1.82) is 0 Å². The molecule has 0 heteroatoms. The Balaban J connectivity index is 0.000000800. The normalized spacial score (nSPS) is 9.56. The minimum Gasteiger partial charge on any atom is -0.0683 e. The summed E-state index contributed by atoms with van der Waals surface area (Å²) in [4.78, 5) is 0. The zero-order chi connectivity index (χ0) is 47.6. The highest BCUT2D eigenvalue weighted by molar-refractivity contribution is 6.27. The van der Waals surface area contributed by atoms with Crippen LogP contribution in [-0.4, -0.2) is 0 Å². The van der Waals surface area contributed by atoms with Gasteiger partial charge in [0.2, 0.25) is 0 Å². The quantitative estimate of drug-likeness (QED) is 0.155. The van der Waals surface area contributed by atoms with Crippen LogP contribution in [0.2, 0.25) is 0 Å². The third-order valence-electron chi connectivity index (χ3n) is 10.2. The first-order chi connectivity index (χ1) is 31.8. The number of hydrogen-bond acceptors (Lipinski definition) is 0. The average Bonchev–Trinajstić information content (AvgIpc) is 3.43. The molecule has 0 nitrogen and oxygen atoms in total. The topological polar surface area (TPSA) is 0 Å². The Morgan fingerprint density at radius 1 is 0.141 bits per heavy atom. The van der Waals surface area contributed by atoms with Gasteiger partial charge in [-0.1, -0.05) is 269 Å². The Bertz CT molecular complexity index is 2620. The van der Waals surface area contributed by atoms with Gasteiger partial charge in [-0.2, -0.15) is 0 Å². The molecule has 0 atom stereocenters. The lowest BCUT2D eigenvalue weighted by atomic mass is 9.90. The van der Waals surface area contributed by atoms with Crippen LogP contribution < -0.4 is 0 Å². The van der Waals surface area contributed by atoms with Gasteiger partial charge in [-0.15, -0.1) is 0 Å². The molecule has 0 amide bonds. The summed E-state index contributed by atoms with van der Waals surface area (Å²) in [5.41, 5.74) is 7.34. The summed E-state index contributed by atoms with van der Waals surface area (Å²) in [6.45, 7) is 32.0. The van der Waals surface area contributed by atoms with E-state index in [-0.39, 0.29) is 0 Å². The number of fused-ring (bicyclic) bond motifs is 12. The summed E-state index contributed by atoms with van der Waals surface area (Å²) in [6.07, 6.45) is 0. The molecule has 0 aliphatic rings. The van der Waals surface area contributed by atoms with E-state index in [1.165, 1.54) is 98.0 Å². The van der Waals surface area contributed by atoms with Crippen molar-refractivity contribution >= 4 is 64.6 Å². The summed E-state index contributed by atoms with van der Waals surface area (Å²) in [7, 11) is 0. The van der Waals surface area contributed by atoms with E-state index in [9.17, 15) is 0 Å². The molecule has 0 saturated heterocycles. The monoisotopic (exact) mass is 847 g/mol. The molecule has 0 bridgehead atoms. The maximum absolute atomic E-state index is 2.38. The van der Waals surface area contributed by atoms with Gasteiger partial charge in [0, 0.05) is 0 Å². The first-order valence-corrected chi connectivity index (χ1v) is 24.7. The second-order valence-electron chi connectivity index (χ2n) is 12.9. The van der Waals surface area contributed by atoms with E-state index in [1.54, 1.807) is 0 Å². The largest absolute Gasteiger partial charge is 0.0683 e. The lowest BCUT2D eigenvalue weighted by molar-refractivity contribution is 1.50. The van der Waals surface area contributed by atoms with Gasteiger partial charge >= 0.3 is 0 Å². The van der Waals surface area contributed by atoms with E-state index in [0.29, 0.717) is 0 Å². The van der Waals surface area contributed by atoms with Crippen LogP contribution in [0.25, 0.3) is 98.0 Å². The maximum Gasteiger partial charge on any atom is -0.00928 e. The smallest absolute Gasteiger partial charge is 0.00928 e. The SMILES string of the molecule is CC.CC.CC.CC.CC.CC.CC.CC.c1cc(-c2cccc(-c3ccc4c5ccccc5c5ccccc5c4c3)c2)cc(-c2ccc3c4ccccc4c4ccccc4c3c2)c1. The summed E-state index contributed by atoms with van der Waals surface area (Å²) >= 11 is 0. The van der Waals surface area contributed by atoms with Gasteiger partial charge in [0.1, 0.15) is 0 Å². The van der Waals surface area contributed by atoms with Crippen LogP contribution in [0.15, 0.2) is 182 Å². The molecule has 10 rings (SSSR count). The molecule has 10 aromatic rings. The fourth-order valence-electron chi connectivity index (χ4n) is 7.93. The zero-order valence-corrected chi connectivity index (χ0v) is 42.3. The molecule has 64 heavy (non-hydrogen) atoms. The molecule has 0 spiro atoms. The third-order valence-corrected chi connectivity index (χ3v) is 10.2. The molecule has 0 radical (unpaired) electrons. The van der Waals surface area contributed by atoms with Gasteiger partial charge in [0.15, 0.2) is 0 Å². The minimum absolute atomic E-state index is 1.22. The van der Waals surface area contributed by atoms with Crippen LogP contribution in [0.3, 0.4) is 0 Å². The van der Waals surface area contributed by atoms with Gasteiger partial charge in [-0.05, 0) is 122 Å². The van der Waals surface area contributed by atoms with E-state index >= 15 is 0 Å². The van der Waals surface area contributed by atoms with Crippen molar-refractivity contribution < 1.29 is 0 Å². The first kappa shape index (κ1) is 53.9. The maximum atomic E-state index is 2.38. The summed E-state index contributed by atoms with van der Waals surface area (Å²) in [5.74, 6) is 0. The zero-order valence-electron chi connectivity index (χ0n) is 42.3. The lowest BCUT2D eigenvalue weighted by Crippen LogP contribution is -1.87. The molecule has 0 aliphatic carbocycles. The molecular formula is C64H78. The van der Waals surface area contributed by atoms with Gasteiger partial charge in [-0.3, -0.25) is 0 Å². The highest BCUT2D eigenvalue weighted by atomic mass is 14.2. The Morgan fingerprint density at radius 2 is 0.312 bits per heavy atom. The van der Waals surface area contributed by atoms with Crippen molar-refractivity contribution in [3.05, 3.63) is 182 Å². The van der Waals surface area contributed by atoms with Crippen LogP contribution in [0.5, 0.6) is 0 Å². The Hall–Kier alpha value is -6.24. The van der Waals surface area contributed by atoms with Crippen LogP contribution in [0.1, 0.15) is 111 Å². The second kappa shape index (κ2) is 29.2. The first-order valence-electron chi connectivity index (χ1n) is 24.7. The fourth-order valence-corrected chi connectivity index (χ4v) is 7.93. The molecule has 0 unspecified atom stereocenters. The van der Waals surface area contributed by atoms with Gasteiger partial charge in [0.25, 0.3) is 0 Å². The molecule has 0 N–H and O–H groups in total. The van der Waals surface area contributed by atoms with Crippen LogP contribution in [-0.2, 0) is 0 Å². The van der Waals surface area contributed by atoms with Gasteiger partial charge in [-0.25, -0.2) is 0 Å². The molecule has 0 aliphatic heterocycles. The number of hydrogen-bond donors (Lipinski definition) is 0. The Kier molecular flexibility index (Phi) is 24.6. The Morgan fingerprint density at radius 3 is 0.531 bits per heavy atom. The molecule has 10 aromatic carbocycles. The van der Waals surface area contributed by atoms with Crippen molar-refractivity contribution in [2.45, 2.75) is 111 Å². The van der Waals surface area contributed by atoms with Crippen LogP contribution >= 0.6 is 0 Å². The van der Waals surface area contributed by atoms with E-state index in [1.807, 2.05) is 111 Å². The molecule has 0 saturated carbocycles. The number of rotatable bonds is 3.